The molecule has 7 nitrogen and oxygen atoms in total. The van der Waals surface area contributed by atoms with Crippen LogP contribution >= 0.6 is 0 Å². The fraction of sp³-hybridized carbons (Fsp3) is 0.481. The summed E-state index contributed by atoms with van der Waals surface area (Å²) in [5.41, 5.74) is 10.0. The number of carbonyl (C=O) groups excluding carboxylic acids is 1. The molecule has 3 aromatic heterocycles. The predicted molar refractivity (Wildman–Crippen MR) is 130 cm³/mol. The molecule has 1 fully saturated rings. The molecule has 2 aliphatic rings. The highest BCUT2D eigenvalue weighted by Gasteiger charge is 2.41. The molecular weight excluding hydrogens is 428 g/mol. The van der Waals surface area contributed by atoms with Crippen molar-refractivity contribution in [2.24, 2.45) is 5.73 Å². The summed E-state index contributed by atoms with van der Waals surface area (Å²) >= 11 is 0. The molecule has 34 heavy (non-hydrogen) atoms. The topological polar surface area (TPSA) is 100 Å². The molecule has 0 unspecified atom stereocenters. The van der Waals surface area contributed by atoms with E-state index in [2.05, 4.69) is 24.9 Å². The van der Waals surface area contributed by atoms with Crippen LogP contribution in [-0.2, 0) is 16.7 Å². The molecule has 2 N–H and O–H groups in total. The minimum absolute atomic E-state index is 0.0425. The summed E-state index contributed by atoms with van der Waals surface area (Å²) < 4.78 is 11.6. The third-order valence-corrected chi connectivity index (χ3v) is 7.43. The first-order valence-corrected chi connectivity index (χ1v) is 12.1. The van der Waals surface area contributed by atoms with Crippen LogP contribution in [0.1, 0.15) is 92.8 Å². The number of pyridine rings is 3. The summed E-state index contributed by atoms with van der Waals surface area (Å²) in [6, 6.07) is 5.77. The Morgan fingerprint density at radius 3 is 2.65 bits per heavy atom. The molecule has 0 amide bonds. The molecule has 4 heterocycles. The van der Waals surface area contributed by atoms with Crippen LogP contribution in [0.5, 0.6) is 5.88 Å². The number of rotatable bonds is 6. The average Bonchev–Trinajstić information content (AvgIpc) is 3.54. The van der Waals surface area contributed by atoms with Gasteiger partial charge in [-0.05, 0) is 69.2 Å². The summed E-state index contributed by atoms with van der Waals surface area (Å²) in [6.45, 7) is 10.1. The van der Waals surface area contributed by atoms with Crippen molar-refractivity contribution < 1.29 is 14.3 Å². The molecule has 1 aliphatic carbocycles. The summed E-state index contributed by atoms with van der Waals surface area (Å²) in [7, 11) is 0. The van der Waals surface area contributed by atoms with E-state index in [1.807, 2.05) is 45.3 Å². The van der Waals surface area contributed by atoms with E-state index in [1.54, 1.807) is 0 Å². The molecule has 1 aliphatic heterocycles. The Kier molecular flexibility index (Phi) is 5.35. The van der Waals surface area contributed by atoms with E-state index in [0.717, 1.165) is 52.7 Å². The van der Waals surface area contributed by atoms with Crippen molar-refractivity contribution in [3.63, 3.8) is 0 Å². The number of ether oxygens (including phenoxy) is 2. The van der Waals surface area contributed by atoms with Crippen LogP contribution < -0.4 is 10.5 Å². The number of fused-ring (bicyclic) bond motifs is 2. The van der Waals surface area contributed by atoms with E-state index in [9.17, 15) is 4.79 Å². The lowest BCUT2D eigenvalue weighted by Gasteiger charge is -2.27. The smallest absolute Gasteiger partial charge is 0.340 e. The van der Waals surface area contributed by atoms with E-state index in [-0.39, 0.29) is 23.6 Å². The lowest BCUT2D eigenvalue weighted by atomic mass is 9.88. The van der Waals surface area contributed by atoms with Crippen LogP contribution in [0, 0.1) is 0 Å². The van der Waals surface area contributed by atoms with Gasteiger partial charge in [-0.2, -0.15) is 0 Å². The van der Waals surface area contributed by atoms with Gasteiger partial charge in [0.25, 0.3) is 0 Å². The van der Waals surface area contributed by atoms with Crippen molar-refractivity contribution in [2.45, 2.75) is 83.5 Å². The highest BCUT2D eigenvalue weighted by Crippen LogP contribution is 2.42. The fourth-order valence-electron chi connectivity index (χ4n) is 4.37. The van der Waals surface area contributed by atoms with Crippen LogP contribution in [0.15, 0.2) is 30.6 Å². The van der Waals surface area contributed by atoms with Crippen molar-refractivity contribution in [3.8, 4) is 5.88 Å². The van der Waals surface area contributed by atoms with E-state index in [1.165, 1.54) is 0 Å². The van der Waals surface area contributed by atoms with Crippen LogP contribution in [0.4, 0.5) is 0 Å². The predicted octanol–water partition coefficient (Wildman–Crippen LogP) is 4.79. The molecular formula is C27H32N4O3. The van der Waals surface area contributed by atoms with Crippen molar-refractivity contribution in [1.29, 1.82) is 0 Å². The van der Waals surface area contributed by atoms with Gasteiger partial charge in [0.1, 0.15) is 11.7 Å². The van der Waals surface area contributed by atoms with E-state index < -0.39 is 5.54 Å². The number of esters is 1. The van der Waals surface area contributed by atoms with Gasteiger partial charge in [-0.1, -0.05) is 13.8 Å². The highest BCUT2D eigenvalue weighted by atomic mass is 16.5. The van der Waals surface area contributed by atoms with Crippen molar-refractivity contribution in [2.75, 3.05) is 0 Å². The molecule has 3 aromatic rings. The summed E-state index contributed by atoms with van der Waals surface area (Å²) in [4.78, 5) is 26.4. The van der Waals surface area contributed by atoms with Gasteiger partial charge in [-0.25, -0.2) is 9.78 Å². The van der Waals surface area contributed by atoms with Crippen molar-refractivity contribution >= 4 is 16.7 Å². The first-order valence-electron chi connectivity index (χ1n) is 12.1. The maximum atomic E-state index is 12.2. The number of carbonyl (C=O) groups is 1. The second-order valence-electron chi connectivity index (χ2n) is 10.3. The normalized spacial score (nSPS) is 22.6. The number of nitrogens with zero attached hydrogens (tertiary/aromatic N) is 3. The summed E-state index contributed by atoms with van der Waals surface area (Å²) in [6.07, 6.45) is 6.88. The molecule has 178 valence electrons. The third kappa shape index (κ3) is 4.02. The summed E-state index contributed by atoms with van der Waals surface area (Å²) in [5.74, 6) is 0.345. The Morgan fingerprint density at radius 1 is 1.18 bits per heavy atom. The highest BCUT2D eigenvalue weighted by molar-refractivity contribution is 5.92. The third-order valence-electron chi connectivity index (χ3n) is 7.43. The molecule has 5 rings (SSSR count). The molecule has 3 atom stereocenters. The number of nitrogens with two attached hydrogens (primary N) is 1. The van der Waals surface area contributed by atoms with E-state index >= 15 is 0 Å². The molecule has 0 spiro atoms. The Bertz CT molecular complexity index is 1280. The van der Waals surface area contributed by atoms with Gasteiger partial charge < -0.3 is 15.2 Å². The zero-order chi connectivity index (χ0) is 24.3. The average molecular weight is 461 g/mol. The zero-order valence-corrected chi connectivity index (χ0v) is 20.5. The van der Waals surface area contributed by atoms with Gasteiger partial charge in [0, 0.05) is 41.7 Å². The molecule has 0 aromatic carbocycles. The Morgan fingerprint density at radius 2 is 1.94 bits per heavy atom. The monoisotopic (exact) mass is 460 g/mol. The lowest BCUT2D eigenvalue weighted by Crippen LogP contribution is -2.32. The maximum absolute atomic E-state index is 12.2. The van der Waals surface area contributed by atoms with Gasteiger partial charge in [-0.3, -0.25) is 9.97 Å². The Labute approximate surface area is 200 Å². The number of hydrogen-bond acceptors (Lipinski definition) is 7. The van der Waals surface area contributed by atoms with Gasteiger partial charge in [-0.15, -0.1) is 0 Å². The van der Waals surface area contributed by atoms with Gasteiger partial charge >= 0.3 is 5.97 Å². The molecule has 1 saturated carbocycles. The molecule has 0 radical (unpaired) electrons. The SMILES string of the molecule is CC[C@](C)(N)c1cnc(OC2(C)CC2)c2cnc(Cc3ccc4c(n3)[C@@H](C)[C@H](C)OC4=O)cc12. The van der Waals surface area contributed by atoms with Gasteiger partial charge in [0.2, 0.25) is 5.88 Å². The van der Waals surface area contributed by atoms with Crippen molar-refractivity contribution in [3.05, 3.63) is 58.8 Å². The van der Waals surface area contributed by atoms with Crippen LogP contribution in [0.2, 0.25) is 0 Å². The molecule has 0 bridgehead atoms. The minimum atomic E-state index is -0.526. The second kappa shape index (κ2) is 8.01. The van der Waals surface area contributed by atoms with E-state index in [4.69, 9.17) is 25.2 Å². The Hall–Kier alpha value is -3.06. The maximum Gasteiger partial charge on any atom is 0.340 e. The molecule has 7 heteroatoms. The quantitative estimate of drug-likeness (QED) is 0.528. The largest absolute Gasteiger partial charge is 0.471 e. The number of hydrogen-bond donors (Lipinski definition) is 1. The van der Waals surface area contributed by atoms with Gasteiger partial charge in [0.15, 0.2) is 0 Å². The first kappa shape index (κ1) is 22.7. The fourth-order valence-corrected chi connectivity index (χ4v) is 4.37. The van der Waals surface area contributed by atoms with Gasteiger partial charge in [0.05, 0.1) is 16.6 Å². The zero-order valence-electron chi connectivity index (χ0n) is 20.5. The standard InChI is InChI=1S/C27H32N4O3/c1-6-27(5,28)22-14-30-24(34-26(4)9-10-26)21-13-29-18(12-20(21)22)11-17-7-8-19-23(31-17)15(2)16(3)33-25(19)32/h7-8,12-16H,6,9-11,28H2,1-5H3/t15-,16-,27-/m0/s1. The minimum Gasteiger partial charge on any atom is -0.471 e. The first-order chi connectivity index (χ1) is 16.1. The second-order valence-corrected chi connectivity index (χ2v) is 10.3. The van der Waals surface area contributed by atoms with E-state index in [0.29, 0.717) is 17.9 Å². The van der Waals surface area contributed by atoms with Crippen molar-refractivity contribution in [1.82, 2.24) is 15.0 Å². The number of aromatic nitrogens is 3. The summed E-state index contributed by atoms with van der Waals surface area (Å²) in [5, 5.41) is 1.89. The van der Waals surface area contributed by atoms with Crippen LogP contribution in [-0.4, -0.2) is 32.6 Å². The van der Waals surface area contributed by atoms with Crippen LogP contribution in [0.25, 0.3) is 10.8 Å². The Balaban J connectivity index is 1.55. The lowest BCUT2D eigenvalue weighted by molar-refractivity contribution is 0.0234. The molecule has 0 saturated heterocycles. The van der Waals surface area contributed by atoms with Crippen LogP contribution in [0.3, 0.4) is 0 Å². The number of cyclic esters (lactones) is 1.